The Labute approximate surface area is 111 Å². The molecule has 0 radical (unpaired) electrons. The summed E-state index contributed by atoms with van der Waals surface area (Å²) in [7, 11) is 0. The molecule has 1 unspecified atom stereocenters. The van der Waals surface area contributed by atoms with Crippen molar-refractivity contribution in [1.29, 1.82) is 0 Å². The Bertz CT molecular complexity index is 513. The molecule has 3 heteroatoms. The molecule has 2 aromatic rings. The molecule has 0 aliphatic carbocycles. The third-order valence-corrected chi connectivity index (χ3v) is 3.48. The molecule has 0 saturated carbocycles. The van der Waals surface area contributed by atoms with Crippen LogP contribution in [0, 0.1) is 5.82 Å². The summed E-state index contributed by atoms with van der Waals surface area (Å²) in [5.41, 5.74) is 7.76. The van der Waals surface area contributed by atoms with Gasteiger partial charge in [0.25, 0.3) is 0 Å². The lowest BCUT2D eigenvalue weighted by molar-refractivity contribution is 0.621. The first-order valence-corrected chi connectivity index (χ1v) is 6.28. The van der Waals surface area contributed by atoms with Crippen LogP contribution in [-0.2, 0) is 6.42 Å². The molecule has 2 rings (SSSR count). The van der Waals surface area contributed by atoms with Gasteiger partial charge in [0.15, 0.2) is 0 Å². The molecular formula is C15H15ClFN. The third kappa shape index (κ3) is 2.89. The summed E-state index contributed by atoms with van der Waals surface area (Å²) in [4.78, 5) is 0. The molecule has 2 N–H and O–H groups in total. The topological polar surface area (TPSA) is 26.0 Å². The normalized spacial score (nSPS) is 12.4. The van der Waals surface area contributed by atoms with Gasteiger partial charge in [-0.3, -0.25) is 0 Å². The van der Waals surface area contributed by atoms with E-state index in [0.29, 0.717) is 13.0 Å². The van der Waals surface area contributed by atoms with Crippen molar-refractivity contribution in [2.24, 2.45) is 5.73 Å². The molecule has 0 bridgehead atoms. The van der Waals surface area contributed by atoms with E-state index < -0.39 is 0 Å². The van der Waals surface area contributed by atoms with Crippen LogP contribution >= 0.6 is 11.6 Å². The molecule has 0 heterocycles. The maximum Gasteiger partial charge on any atom is 0.142 e. The molecule has 94 valence electrons. The van der Waals surface area contributed by atoms with Crippen molar-refractivity contribution in [2.45, 2.75) is 12.3 Å². The predicted molar refractivity (Wildman–Crippen MR) is 73.4 cm³/mol. The summed E-state index contributed by atoms with van der Waals surface area (Å²) in [6, 6.07) is 14.9. The zero-order chi connectivity index (χ0) is 13.0. The molecule has 18 heavy (non-hydrogen) atoms. The quantitative estimate of drug-likeness (QED) is 0.893. The van der Waals surface area contributed by atoms with Gasteiger partial charge in [-0.1, -0.05) is 54.1 Å². The van der Waals surface area contributed by atoms with E-state index in [1.54, 1.807) is 6.07 Å². The Morgan fingerprint density at radius 2 is 1.78 bits per heavy atom. The molecular weight excluding hydrogens is 249 g/mol. The van der Waals surface area contributed by atoms with Crippen LogP contribution in [0.25, 0.3) is 0 Å². The fourth-order valence-corrected chi connectivity index (χ4v) is 2.24. The van der Waals surface area contributed by atoms with Crippen molar-refractivity contribution in [3.63, 3.8) is 0 Å². The second kappa shape index (κ2) is 5.98. The van der Waals surface area contributed by atoms with E-state index in [1.807, 2.05) is 36.4 Å². The van der Waals surface area contributed by atoms with E-state index in [0.717, 1.165) is 11.1 Å². The number of rotatable bonds is 4. The summed E-state index contributed by atoms with van der Waals surface area (Å²) in [5, 5.41) is 0.201. The number of benzene rings is 2. The molecule has 0 amide bonds. The van der Waals surface area contributed by atoms with Crippen LogP contribution in [0.15, 0.2) is 48.5 Å². The van der Waals surface area contributed by atoms with Crippen molar-refractivity contribution in [3.8, 4) is 0 Å². The average molecular weight is 264 g/mol. The monoisotopic (exact) mass is 263 g/mol. The van der Waals surface area contributed by atoms with Crippen LogP contribution < -0.4 is 5.73 Å². The second-order valence-corrected chi connectivity index (χ2v) is 4.64. The highest BCUT2D eigenvalue weighted by molar-refractivity contribution is 6.31. The Hall–Kier alpha value is -1.38. The van der Waals surface area contributed by atoms with Gasteiger partial charge in [-0.25, -0.2) is 4.39 Å². The Morgan fingerprint density at radius 1 is 1.06 bits per heavy atom. The van der Waals surface area contributed by atoms with Gasteiger partial charge < -0.3 is 5.73 Å². The van der Waals surface area contributed by atoms with Gasteiger partial charge in [-0.05, 0) is 30.2 Å². The average Bonchev–Trinajstić information content (AvgIpc) is 2.41. The van der Waals surface area contributed by atoms with Crippen molar-refractivity contribution in [2.75, 3.05) is 6.54 Å². The van der Waals surface area contributed by atoms with Crippen LogP contribution in [0.4, 0.5) is 4.39 Å². The Morgan fingerprint density at radius 3 is 2.44 bits per heavy atom. The second-order valence-electron chi connectivity index (χ2n) is 4.26. The lowest BCUT2D eigenvalue weighted by Crippen LogP contribution is -2.15. The fraction of sp³-hybridized carbons (Fsp3) is 0.200. The third-order valence-electron chi connectivity index (χ3n) is 3.05. The standard InChI is InChI=1S/C15H15ClFN/c16-15-12(7-4-8-14(15)17)9-13(10-18)11-5-2-1-3-6-11/h1-8,13H,9-10,18H2. The minimum absolute atomic E-state index is 0.158. The minimum Gasteiger partial charge on any atom is -0.330 e. The maximum atomic E-state index is 13.4. The number of hydrogen-bond acceptors (Lipinski definition) is 1. The molecule has 0 spiro atoms. The molecule has 0 aliphatic rings. The minimum atomic E-state index is -0.377. The molecule has 1 nitrogen and oxygen atoms in total. The number of hydrogen-bond donors (Lipinski definition) is 1. The van der Waals surface area contributed by atoms with Gasteiger partial charge in [0.05, 0.1) is 5.02 Å². The fourth-order valence-electron chi connectivity index (χ4n) is 2.03. The summed E-state index contributed by atoms with van der Waals surface area (Å²) < 4.78 is 13.4. The van der Waals surface area contributed by atoms with Crippen molar-refractivity contribution in [1.82, 2.24) is 0 Å². The van der Waals surface area contributed by atoms with Crippen LogP contribution in [0.1, 0.15) is 17.0 Å². The molecule has 0 aliphatic heterocycles. The van der Waals surface area contributed by atoms with E-state index >= 15 is 0 Å². The largest absolute Gasteiger partial charge is 0.330 e. The zero-order valence-electron chi connectivity index (χ0n) is 9.94. The molecule has 2 aromatic carbocycles. The lowest BCUT2D eigenvalue weighted by atomic mass is 9.92. The summed E-state index contributed by atoms with van der Waals surface area (Å²) in [5.74, 6) is -0.219. The molecule has 0 fully saturated rings. The number of nitrogens with two attached hydrogens (primary N) is 1. The zero-order valence-corrected chi connectivity index (χ0v) is 10.7. The van der Waals surface area contributed by atoms with Gasteiger partial charge in [-0.2, -0.15) is 0 Å². The van der Waals surface area contributed by atoms with Gasteiger partial charge >= 0.3 is 0 Å². The molecule has 0 saturated heterocycles. The molecule has 0 aromatic heterocycles. The Kier molecular flexibility index (Phi) is 4.34. The highest BCUT2D eigenvalue weighted by Crippen LogP contribution is 2.26. The van der Waals surface area contributed by atoms with Gasteiger partial charge in [0.1, 0.15) is 5.82 Å². The number of halogens is 2. The van der Waals surface area contributed by atoms with Crippen LogP contribution in [0.3, 0.4) is 0 Å². The highest BCUT2D eigenvalue weighted by Gasteiger charge is 2.13. The van der Waals surface area contributed by atoms with E-state index in [1.165, 1.54) is 6.07 Å². The van der Waals surface area contributed by atoms with E-state index in [2.05, 4.69) is 0 Å². The smallest absolute Gasteiger partial charge is 0.142 e. The first kappa shape index (κ1) is 13.1. The lowest BCUT2D eigenvalue weighted by Gasteiger charge is -2.16. The van der Waals surface area contributed by atoms with Crippen molar-refractivity contribution in [3.05, 3.63) is 70.5 Å². The van der Waals surface area contributed by atoms with Gasteiger partial charge in [0, 0.05) is 5.92 Å². The van der Waals surface area contributed by atoms with Crippen LogP contribution in [-0.4, -0.2) is 6.54 Å². The predicted octanol–water partition coefficient (Wildman–Crippen LogP) is 3.76. The Balaban J connectivity index is 2.24. The van der Waals surface area contributed by atoms with Crippen LogP contribution in [0.2, 0.25) is 5.02 Å². The maximum absolute atomic E-state index is 13.4. The first-order chi connectivity index (χ1) is 8.72. The van der Waals surface area contributed by atoms with E-state index in [-0.39, 0.29) is 16.8 Å². The summed E-state index contributed by atoms with van der Waals surface area (Å²) in [6.07, 6.45) is 0.650. The van der Waals surface area contributed by atoms with Crippen molar-refractivity contribution < 1.29 is 4.39 Å². The van der Waals surface area contributed by atoms with Gasteiger partial charge in [0.2, 0.25) is 0 Å². The van der Waals surface area contributed by atoms with E-state index in [4.69, 9.17) is 17.3 Å². The van der Waals surface area contributed by atoms with Crippen molar-refractivity contribution >= 4 is 11.6 Å². The van der Waals surface area contributed by atoms with E-state index in [9.17, 15) is 4.39 Å². The first-order valence-electron chi connectivity index (χ1n) is 5.90. The molecule has 1 atom stereocenters. The SMILES string of the molecule is NCC(Cc1cccc(F)c1Cl)c1ccccc1. The summed E-state index contributed by atoms with van der Waals surface area (Å²) in [6.45, 7) is 0.511. The van der Waals surface area contributed by atoms with Gasteiger partial charge in [-0.15, -0.1) is 0 Å². The van der Waals surface area contributed by atoms with Crippen LogP contribution in [0.5, 0.6) is 0 Å². The highest BCUT2D eigenvalue weighted by atomic mass is 35.5. The summed E-state index contributed by atoms with van der Waals surface area (Å²) >= 11 is 5.97.